The highest BCUT2D eigenvalue weighted by atomic mass is 15.3. The third-order valence-corrected chi connectivity index (χ3v) is 4.77. The van der Waals surface area contributed by atoms with E-state index in [9.17, 15) is 0 Å². The molecule has 2 heterocycles. The molecule has 0 aliphatic heterocycles. The summed E-state index contributed by atoms with van der Waals surface area (Å²) in [5, 5.41) is 4.97. The molecule has 1 atom stereocenters. The fraction of sp³-hybridized carbons (Fsp3) is 0.529. The van der Waals surface area contributed by atoms with Gasteiger partial charge < -0.3 is 5.73 Å². The minimum Gasteiger partial charge on any atom is -0.330 e. The van der Waals surface area contributed by atoms with Crippen molar-refractivity contribution in [2.45, 2.75) is 50.4 Å². The van der Waals surface area contributed by atoms with Crippen LogP contribution in [0.3, 0.4) is 0 Å². The third kappa shape index (κ3) is 2.27. The van der Waals surface area contributed by atoms with E-state index in [0.717, 1.165) is 25.2 Å². The van der Waals surface area contributed by atoms with Crippen LogP contribution in [0.1, 0.15) is 60.9 Å². The summed E-state index contributed by atoms with van der Waals surface area (Å²) in [6.45, 7) is 0.767. The normalized spacial score (nSPS) is 21.3. The molecule has 0 radical (unpaired) electrons. The average Bonchev–Trinajstić information content (AvgIpc) is 3.29. The van der Waals surface area contributed by atoms with Gasteiger partial charge in [-0.2, -0.15) is 5.10 Å². The van der Waals surface area contributed by atoms with Crippen molar-refractivity contribution in [3.05, 3.63) is 41.3 Å². The molecule has 0 bridgehead atoms. The van der Waals surface area contributed by atoms with Gasteiger partial charge >= 0.3 is 0 Å². The summed E-state index contributed by atoms with van der Waals surface area (Å²) in [5.74, 6) is 2.24. The largest absolute Gasteiger partial charge is 0.330 e. The first-order valence-electron chi connectivity index (χ1n) is 8.11. The van der Waals surface area contributed by atoms with Gasteiger partial charge in [0.25, 0.3) is 0 Å². The van der Waals surface area contributed by atoms with Crippen LogP contribution >= 0.6 is 0 Å². The van der Waals surface area contributed by atoms with Gasteiger partial charge in [0.1, 0.15) is 0 Å². The maximum atomic E-state index is 5.84. The van der Waals surface area contributed by atoms with Crippen LogP contribution in [0.5, 0.6) is 0 Å². The van der Waals surface area contributed by atoms with Crippen LogP contribution in [0.15, 0.2) is 24.4 Å². The van der Waals surface area contributed by atoms with Crippen molar-refractivity contribution in [3.8, 4) is 5.82 Å². The minimum absolute atomic E-state index is 0.604. The van der Waals surface area contributed by atoms with E-state index in [1.165, 1.54) is 42.6 Å². The standard InChI is InChI=1S/C17H22N4/c18-10-9-12-4-3-5-14-16(12)17(13-7-8-13)20-21(14)15-6-1-2-11-19-15/h1-2,6,11-13H,3-5,7-10,18H2. The lowest BCUT2D eigenvalue weighted by Gasteiger charge is -2.23. The van der Waals surface area contributed by atoms with Gasteiger partial charge in [0.05, 0.1) is 5.69 Å². The maximum Gasteiger partial charge on any atom is 0.153 e. The zero-order valence-electron chi connectivity index (χ0n) is 12.3. The highest BCUT2D eigenvalue weighted by molar-refractivity contribution is 5.40. The van der Waals surface area contributed by atoms with E-state index in [2.05, 4.69) is 15.7 Å². The van der Waals surface area contributed by atoms with Crippen molar-refractivity contribution >= 4 is 0 Å². The van der Waals surface area contributed by atoms with Crippen LogP contribution in [-0.4, -0.2) is 21.3 Å². The topological polar surface area (TPSA) is 56.7 Å². The van der Waals surface area contributed by atoms with Crippen molar-refractivity contribution in [2.75, 3.05) is 6.54 Å². The first kappa shape index (κ1) is 13.0. The van der Waals surface area contributed by atoms with Crippen LogP contribution in [0, 0.1) is 0 Å². The zero-order chi connectivity index (χ0) is 14.2. The predicted octanol–water partition coefficient (Wildman–Crippen LogP) is 2.91. The highest BCUT2D eigenvalue weighted by Crippen LogP contribution is 2.47. The van der Waals surface area contributed by atoms with E-state index in [0.29, 0.717) is 11.8 Å². The molecule has 2 aromatic rings. The molecule has 1 fully saturated rings. The smallest absolute Gasteiger partial charge is 0.153 e. The Hall–Kier alpha value is -1.68. The lowest BCUT2D eigenvalue weighted by Crippen LogP contribution is -2.16. The quantitative estimate of drug-likeness (QED) is 0.938. The van der Waals surface area contributed by atoms with Gasteiger partial charge in [-0.1, -0.05) is 6.07 Å². The van der Waals surface area contributed by atoms with Crippen molar-refractivity contribution in [1.82, 2.24) is 14.8 Å². The summed E-state index contributed by atoms with van der Waals surface area (Å²) in [4.78, 5) is 4.50. The molecule has 2 aliphatic rings. The van der Waals surface area contributed by atoms with E-state index in [-0.39, 0.29) is 0 Å². The number of nitrogens with two attached hydrogens (primary N) is 1. The summed E-state index contributed by atoms with van der Waals surface area (Å²) in [6, 6.07) is 6.04. The Bertz CT molecular complexity index is 628. The zero-order valence-corrected chi connectivity index (χ0v) is 12.3. The molecule has 0 amide bonds. The molecule has 1 saturated carbocycles. The Morgan fingerprint density at radius 2 is 2.14 bits per heavy atom. The Labute approximate surface area is 125 Å². The van der Waals surface area contributed by atoms with E-state index in [1.54, 1.807) is 0 Å². The second-order valence-corrected chi connectivity index (χ2v) is 6.29. The molecular weight excluding hydrogens is 260 g/mol. The predicted molar refractivity (Wildman–Crippen MR) is 82.7 cm³/mol. The van der Waals surface area contributed by atoms with Gasteiger partial charge in [-0.3, -0.25) is 0 Å². The summed E-state index contributed by atoms with van der Waals surface area (Å²) >= 11 is 0. The Morgan fingerprint density at radius 1 is 1.24 bits per heavy atom. The lowest BCUT2D eigenvalue weighted by atomic mass is 9.82. The van der Waals surface area contributed by atoms with Gasteiger partial charge in [-0.15, -0.1) is 0 Å². The average molecular weight is 282 g/mol. The molecule has 4 rings (SSSR count). The maximum absolute atomic E-state index is 5.84. The fourth-order valence-corrected chi connectivity index (χ4v) is 3.65. The Balaban J connectivity index is 1.84. The molecule has 2 aliphatic carbocycles. The SMILES string of the molecule is NCCC1CCCc2c1c(C1CC1)nn2-c1ccccn1. The molecule has 4 nitrogen and oxygen atoms in total. The molecule has 0 spiro atoms. The van der Waals surface area contributed by atoms with Gasteiger partial charge in [0, 0.05) is 23.4 Å². The van der Waals surface area contributed by atoms with E-state index in [4.69, 9.17) is 10.8 Å². The van der Waals surface area contributed by atoms with Crippen LogP contribution < -0.4 is 5.73 Å². The van der Waals surface area contributed by atoms with Crippen LogP contribution in [0.25, 0.3) is 5.82 Å². The fourth-order valence-electron chi connectivity index (χ4n) is 3.65. The summed E-state index contributed by atoms with van der Waals surface area (Å²) in [6.07, 6.45) is 9.13. The number of nitrogens with zero attached hydrogens (tertiary/aromatic N) is 3. The van der Waals surface area contributed by atoms with Gasteiger partial charge in [0.2, 0.25) is 0 Å². The molecule has 110 valence electrons. The van der Waals surface area contributed by atoms with Crippen molar-refractivity contribution in [1.29, 1.82) is 0 Å². The Kier molecular flexibility index (Phi) is 3.26. The number of rotatable bonds is 4. The van der Waals surface area contributed by atoms with E-state index >= 15 is 0 Å². The molecule has 1 unspecified atom stereocenters. The van der Waals surface area contributed by atoms with Gasteiger partial charge in [-0.05, 0) is 63.1 Å². The molecule has 0 saturated heterocycles. The van der Waals surface area contributed by atoms with Crippen molar-refractivity contribution < 1.29 is 0 Å². The minimum atomic E-state index is 0.604. The molecule has 21 heavy (non-hydrogen) atoms. The molecule has 4 heteroatoms. The molecule has 2 aromatic heterocycles. The Morgan fingerprint density at radius 3 is 2.86 bits per heavy atom. The van der Waals surface area contributed by atoms with Gasteiger partial charge in [-0.25, -0.2) is 9.67 Å². The first-order chi connectivity index (χ1) is 10.4. The summed E-state index contributed by atoms with van der Waals surface area (Å²) in [5.41, 5.74) is 10.1. The molecule has 2 N–H and O–H groups in total. The monoisotopic (exact) mass is 282 g/mol. The first-order valence-corrected chi connectivity index (χ1v) is 8.11. The van der Waals surface area contributed by atoms with Gasteiger partial charge in [0.15, 0.2) is 5.82 Å². The van der Waals surface area contributed by atoms with Crippen LogP contribution in [0.4, 0.5) is 0 Å². The second-order valence-electron chi connectivity index (χ2n) is 6.29. The summed E-state index contributed by atoms with van der Waals surface area (Å²) < 4.78 is 2.10. The number of hydrogen-bond acceptors (Lipinski definition) is 3. The highest BCUT2D eigenvalue weighted by Gasteiger charge is 2.36. The van der Waals surface area contributed by atoms with Crippen molar-refractivity contribution in [2.24, 2.45) is 5.73 Å². The summed E-state index contributed by atoms with van der Waals surface area (Å²) in [7, 11) is 0. The van der Waals surface area contributed by atoms with E-state index < -0.39 is 0 Å². The van der Waals surface area contributed by atoms with E-state index in [1.807, 2.05) is 18.3 Å². The van der Waals surface area contributed by atoms with Crippen LogP contribution in [0.2, 0.25) is 0 Å². The number of pyridine rings is 1. The molecular formula is C17H22N4. The van der Waals surface area contributed by atoms with Crippen LogP contribution in [-0.2, 0) is 6.42 Å². The second kappa shape index (κ2) is 5.26. The third-order valence-electron chi connectivity index (χ3n) is 4.77. The number of aromatic nitrogens is 3. The molecule has 0 aromatic carbocycles. The number of hydrogen-bond donors (Lipinski definition) is 1. The van der Waals surface area contributed by atoms with Crippen molar-refractivity contribution in [3.63, 3.8) is 0 Å². The number of fused-ring (bicyclic) bond motifs is 1. The lowest BCUT2D eigenvalue weighted by molar-refractivity contribution is 0.515.